The molecule has 0 radical (unpaired) electrons. The lowest BCUT2D eigenvalue weighted by Crippen LogP contribution is -2.43. The van der Waals surface area contributed by atoms with Crippen LogP contribution in [0.25, 0.3) is 0 Å². The standard InChI is InChI=1S/C17H23NO5/c1-11-5-3-4-6-14(11)18-16(19)10-23-15-8-7-12(22-2)9-13(15)17(20)21/h7-9,11,14H,3-6,10H2,1-2H3,(H,18,19)(H,20,21)/t11-,14+/m1/s1. The van der Waals surface area contributed by atoms with Crippen LogP contribution in [0.5, 0.6) is 11.5 Å². The van der Waals surface area contributed by atoms with E-state index in [1.165, 1.54) is 25.7 Å². The van der Waals surface area contributed by atoms with Crippen molar-refractivity contribution in [2.24, 2.45) is 5.92 Å². The number of benzene rings is 1. The molecule has 0 aromatic heterocycles. The van der Waals surface area contributed by atoms with E-state index < -0.39 is 5.97 Å². The molecule has 0 aliphatic heterocycles. The highest BCUT2D eigenvalue weighted by Gasteiger charge is 2.23. The highest BCUT2D eigenvalue weighted by Crippen LogP contribution is 2.25. The van der Waals surface area contributed by atoms with Crippen LogP contribution >= 0.6 is 0 Å². The van der Waals surface area contributed by atoms with E-state index in [1.54, 1.807) is 6.07 Å². The molecule has 0 unspecified atom stereocenters. The number of carboxylic acid groups (broad SMARTS) is 1. The van der Waals surface area contributed by atoms with Gasteiger partial charge in [-0.25, -0.2) is 4.79 Å². The van der Waals surface area contributed by atoms with Gasteiger partial charge in [0.25, 0.3) is 5.91 Å². The molecule has 0 spiro atoms. The van der Waals surface area contributed by atoms with Crippen molar-refractivity contribution in [2.45, 2.75) is 38.6 Å². The lowest BCUT2D eigenvalue weighted by molar-refractivity contribution is -0.124. The Balaban J connectivity index is 1.94. The van der Waals surface area contributed by atoms with Crippen LogP contribution in [0, 0.1) is 5.92 Å². The smallest absolute Gasteiger partial charge is 0.339 e. The summed E-state index contributed by atoms with van der Waals surface area (Å²) in [5, 5.41) is 12.2. The normalized spacial score (nSPS) is 20.6. The number of hydrogen-bond acceptors (Lipinski definition) is 4. The second kappa shape index (κ2) is 7.85. The van der Waals surface area contributed by atoms with Gasteiger partial charge in [0.1, 0.15) is 17.1 Å². The number of rotatable bonds is 6. The van der Waals surface area contributed by atoms with Crippen molar-refractivity contribution in [3.8, 4) is 11.5 Å². The number of carboxylic acids is 1. The third-order valence-corrected chi connectivity index (χ3v) is 4.23. The maximum absolute atomic E-state index is 12.0. The first-order valence-corrected chi connectivity index (χ1v) is 7.84. The van der Waals surface area contributed by atoms with Crippen molar-refractivity contribution < 1.29 is 24.2 Å². The minimum atomic E-state index is -1.12. The van der Waals surface area contributed by atoms with Crippen molar-refractivity contribution in [2.75, 3.05) is 13.7 Å². The van der Waals surface area contributed by atoms with Crippen molar-refractivity contribution in [1.29, 1.82) is 0 Å². The molecule has 1 aromatic rings. The Bertz CT molecular complexity index is 572. The number of carbonyl (C=O) groups is 2. The molecule has 1 aromatic carbocycles. The summed E-state index contributed by atoms with van der Waals surface area (Å²) < 4.78 is 10.4. The monoisotopic (exact) mass is 321 g/mol. The second-order valence-corrected chi connectivity index (χ2v) is 5.89. The van der Waals surface area contributed by atoms with Crippen LogP contribution in [-0.4, -0.2) is 36.7 Å². The Morgan fingerprint density at radius 1 is 1.30 bits per heavy atom. The van der Waals surface area contributed by atoms with Gasteiger partial charge in [-0.05, 0) is 37.0 Å². The molecule has 6 nitrogen and oxygen atoms in total. The van der Waals surface area contributed by atoms with Crippen LogP contribution in [0.15, 0.2) is 18.2 Å². The van der Waals surface area contributed by atoms with Crippen LogP contribution in [0.3, 0.4) is 0 Å². The molecule has 2 atom stereocenters. The van der Waals surface area contributed by atoms with E-state index >= 15 is 0 Å². The Kier molecular flexibility index (Phi) is 5.84. The molecule has 2 N–H and O–H groups in total. The summed E-state index contributed by atoms with van der Waals surface area (Å²) in [6, 6.07) is 4.65. The minimum absolute atomic E-state index is 0.0248. The largest absolute Gasteiger partial charge is 0.497 e. The average molecular weight is 321 g/mol. The summed E-state index contributed by atoms with van der Waals surface area (Å²) >= 11 is 0. The van der Waals surface area contributed by atoms with Crippen molar-refractivity contribution in [3.63, 3.8) is 0 Å². The molecule has 0 heterocycles. The summed E-state index contributed by atoms with van der Waals surface area (Å²) in [6.45, 7) is 1.94. The molecule has 1 saturated carbocycles. The maximum atomic E-state index is 12.0. The van der Waals surface area contributed by atoms with E-state index in [0.717, 1.165) is 19.3 Å². The molecular formula is C17H23NO5. The maximum Gasteiger partial charge on any atom is 0.339 e. The Morgan fingerprint density at radius 2 is 2.04 bits per heavy atom. The third kappa shape index (κ3) is 4.61. The van der Waals surface area contributed by atoms with Gasteiger partial charge in [0.2, 0.25) is 0 Å². The van der Waals surface area contributed by atoms with Gasteiger partial charge in [-0.3, -0.25) is 4.79 Å². The predicted molar refractivity (Wildman–Crippen MR) is 85.0 cm³/mol. The van der Waals surface area contributed by atoms with E-state index in [1.807, 2.05) is 0 Å². The molecule has 2 rings (SSSR count). The molecule has 1 aliphatic rings. The summed E-state index contributed by atoms with van der Waals surface area (Å²) in [5.74, 6) is -0.306. The quantitative estimate of drug-likeness (QED) is 0.841. The lowest BCUT2D eigenvalue weighted by Gasteiger charge is -2.29. The number of carbonyl (C=O) groups excluding carboxylic acids is 1. The topological polar surface area (TPSA) is 84.9 Å². The first-order valence-electron chi connectivity index (χ1n) is 7.84. The molecule has 1 fully saturated rings. The molecule has 0 bridgehead atoms. The van der Waals surface area contributed by atoms with Gasteiger partial charge in [0.05, 0.1) is 7.11 Å². The molecule has 1 amide bonds. The highest BCUT2D eigenvalue weighted by molar-refractivity contribution is 5.91. The second-order valence-electron chi connectivity index (χ2n) is 5.89. The van der Waals surface area contributed by atoms with Crippen LogP contribution < -0.4 is 14.8 Å². The number of aromatic carboxylic acids is 1. The summed E-state index contributed by atoms with van der Waals surface area (Å²) in [7, 11) is 1.46. The van der Waals surface area contributed by atoms with E-state index in [0.29, 0.717) is 11.7 Å². The van der Waals surface area contributed by atoms with Gasteiger partial charge >= 0.3 is 5.97 Å². The molecule has 23 heavy (non-hydrogen) atoms. The van der Waals surface area contributed by atoms with Gasteiger partial charge in [0, 0.05) is 6.04 Å². The van der Waals surface area contributed by atoms with Crippen LogP contribution in [0.1, 0.15) is 43.0 Å². The fourth-order valence-corrected chi connectivity index (χ4v) is 2.85. The van der Waals surface area contributed by atoms with E-state index in [9.17, 15) is 14.7 Å². The zero-order valence-electron chi connectivity index (χ0n) is 13.5. The highest BCUT2D eigenvalue weighted by atomic mass is 16.5. The zero-order valence-corrected chi connectivity index (χ0v) is 13.5. The fourth-order valence-electron chi connectivity index (χ4n) is 2.85. The van der Waals surface area contributed by atoms with Crippen LogP contribution in [0.4, 0.5) is 0 Å². The van der Waals surface area contributed by atoms with Crippen LogP contribution in [-0.2, 0) is 4.79 Å². The van der Waals surface area contributed by atoms with Gasteiger partial charge in [0.15, 0.2) is 6.61 Å². The number of amides is 1. The summed E-state index contributed by atoms with van der Waals surface area (Å²) in [4.78, 5) is 23.3. The minimum Gasteiger partial charge on any atom is -0.497 e. The average Bonchev–Trinajstić information content (AvgIpc) is 2.54. The Labute approximate surface area is 135 Å². The van der Waals surface area contributed by atoms with E-state index in [2.05, 4.69) is 12.2 Å². The molecular weight excluding hydrogens is 298 g/mol. The zero-order chi connectivity index (χ0) is 16.8. The fraction of sp³-hybridized carbons (Fsp3) is 0.529. The molecule has 6 heteroatoms. The summed E-state index contributed by atoms with van der Waals surface area (Å²) in [5.41, 5.74) is -0.0248. The summed E-state index contributed by atoms with van der Waals surface area (Å²) in [6.07, 6.45) is 4.43. The number of nitrogens with one attached hydrogen (secondary N) is 1. The van der Waals surface area contributed by atoms with Crippen molar-refractivity contribution in [3.05, 3.63) is 23.8 Å². The van der Waals surface area contributed by atoms with Crippen molar-refractivity contribution in [1.82, 2.24) is 5.32 Å². The first kappa shape index (κ1) is 17.1. The SMILES string of the molecule is COc1ccc(OCC(=O)N[C@H]2CCCC[C@H]2C)c(C(=O)O)c1. The lowest BCUT2D eigenvalue weighted by atomic mass is 9.86. The molecule has 1 aliphatic carbocycles. The number of methoxy groups -OCH3 is 1. The Morgan fingerprint density at radius 3 is 2.70 bits per heavy atom. The van der Waals surface area contributed by atoms with Gasteiger partial charge < -0.3 is 19.9 Å². The molecule has 126 valence electrons. The number of hydrogen-bond donors (Lipinski definition) is 2. The van der Waals surface area contributed by atoms with E-state index in [4.69, 9.17) is 9.47 Å². The van der Waals surface area contributed by atoms with Gasteiger partial charge in [-0.1, -0.05) is 19.8 Å². The number of ether oxygens (including phenoxy) is 2. The van der Waals surface area contributed by atoms with Crippen LogP contribution in [0.2, 0.25) is 0 Å². The van der Waals surface area contributed by atoms with Crippen molar-refractivity contribution >= 4 is 11.9 Å². The molecule has 0 saturated heterocycles. The van der Waals surface area contributed by atoms with Gasteiger partial charge in [-0.15, -0.1) is 0 Å². The van der Waals surface area contributed by atoms with E-state index in [-0.39, 0.29) is 29.9 Å². The predicted octanol–water partition coefficient (Wildman–Crippen LogP) is 2.47. The van der Waals surface area contributed by atoms with Gasteiger partial charge in [-0.2, -0.15) is 0 Å². The first-order chi connectivity index (χ1) is 11.0. The Hall–Kier alpha value is -2.24. The third-order valence-electron chi connectivity index (χ3n) is 4.23.